The first-order chi connectivity index (χ1) is 7.77. The van der Waals surface area contributed by atoms with Crippen LogP contribution in [0.1, 0.15) is 29.0 Å². The lowest BCUT2D eigenvalue weighted by Crippen LogP contribution is -2.26. The van der Waals surface area contributed by atoms with Gasteiger partial charge in [0.15, 0.2) is 12.1 Å². The lowest BCUT2D eigenvalue weighted by Gasteiger charge is -2.12. The number of amides is 1. The summed E-state index contributed by atoms with van der Waals surface area (Å²) in [6.45, 7) is 1.92. The summed E-state index contributed by atoms with van der Waals surface area (Å²) in [5.41, 5.74) is 1.35. The molecule has 1 atom stereocenters. The summed E-state index contributed by atoms with van der Waals surface area (Å²) in [5, 5.41) is 2.84. The topological polar surface area (TPSA) is 55.1 Å². The van der Waals surface area contributed by atoms with Crippen LogP contribution in [0.2, 0.25) is 0 Å². The molecule has 1 aromatic heterocycles. The Morgan fingerprint density at radius 3 is 2.75 bits per heavy atom. The molecule has 0 aliphatic heterocycles. The van der Waals surface area contributed by atoms with Crippen LogP contribution in [0.4, 0.5) is 0 Å². The SMILES string of the molecule is C[C@@H](NC(=O)c1cocn1)c1ccccc1. The summed E-state index contributed by atoms with van der Waals surface area (Å²) >= 11 is 0. The summed E-state index contributed by atoms with van der Waals surface area (Å²) in [7, 11) is 0. The van der Waals surface area contributed by atoms with Gasteiger partial charge >= 0.3 is 0 Å². The number of oxazole rings is 1. The van der Waals surface area contributed by atoms with E-state index in [1.807, 2.05) is 37.3 Å². The zero-order valence-corrected chi connectivity index (χ0v) is 8.88. The van der Waals surface area contributed by atoms with Gasteiger partial charge in [0.25, 0.3) is 5.91 Å². The first-order valence-electron chi connectivity index (χ1n) is 5.01. The largest absolute Gasteiger partial charge is 0.451 e. The monoisotopic (exact) mass is 216 g/mol. The second-order valence-corrected chi connectivity index (χ2v) is 3.48. The first-order valence-corrected chi connectivity index (χ1v) is 5.01. The Bertz CT molecular complexity index is 451. The van der Waals surface area contributed by atoms with Crippen molar-refractivity contribution in [1.29, 1.82) is 0 Å². The van der Waals surface area contributed by atoms with E-state index in [1.165, 1.54) is 12.7 Å². The summed E-state index contributed by atoms with van der Waals surface area (Å²) in [5.74, 6) is -0.231. The zero-order chi connectivity index (χ0) is 11.4. The quantitative estimate of drug-likeness (QED) is 0.855. The summed E-state index contributed by atoms with van der Waals surface area (Å²) < 4.78 is 4.75. The molecule has 2 rings (SSSR count). The Morgan fingerprint density at radius 1 is 1.38 bits per heavy atom. The van der Waals surface area contributed by atoms with Gasteiger partial charge in [0.05, 0.1) is 6.04 Å². The molecule has 16 heavy (non-hydrogen) atoms. The van der Waals surface area contributed by atoms with Gasteiger partial charge in [-0.1, -0.05) is 30.3 Å². The number of nitrogens with zero attached hydrogens (tertiary/aromatic N) is 1. The van der Waals surface area contributed by atoms with Crippen LogP contribution in [0.3, 0.4) is 0 Å². The van der Waals surface area contributed by atoms with E-state index in [2.05, 4.69) is 10.3 Å². The molecule has 0 radical (unpaired) electrons. The third-order valence-electron chi connectivity index (χ3n) is 2.31. The number of carbonyl (C=O) groups excluding carboxylic acids is 1. The highest BCUT2D eigenvalue weighted by molar-refractivity contribution is 5.92. The number of rotatable bonds is 3. The van der Waals surface area contributed by atoms with E-state index in [0.29, 0.717) is 5.69 Å². The number of benzene rings is 1. The van der Waals surface area contributed by atoms with Crippen molar-refractivity contribution in [3.8, 4) is 0 Å². The highest BCUT2D eigenvalue weighted by atomic mass is 16.3. The molecule has 4 heteroatoms. The van der Waals surface area contributed by atoms with Gasteiger partial charge in [0.2, 0.25) is 0 Å². The molecule has 0 saturated heterocycles. The van der Waals surface area contributed by atoms with Crippen molar-refractivity contribution < 1.29 is 9.21 Å². The molecule has 1 amide bonds. The second-order valence-electron chi connectivity index (χ2n) is 3.48. The van der Waals surface area contributed by atoms with Crippen LogP contribution in [0.15, 0.2) is 47.4 Å². The molecule has 82 valence electrons. The van der Waals surface area contributed by atoms with Gasteiger partial charge in [-0.2, -0.15) is 0 Å². The minimum Gasteiger partial charge on any atom is -0.451 e. The molecule has 4 nitrogen and oxygen atoms in total. The van der Waals surface area contributed by atoms with Crippen molar-refractivity contribution in [2.24, 2.45) is 0 Å². The van der Waals surface area contributed by atoms with E-state index in [1.54, 1.807) is 0 Å². The van der Waals surface area contributed by atoms with Gasteiger partial charge in [-0.3, -0.25) is 4.79 Å². The van der Waals surface area contributed by atoms with Crippen LogP contribution < -0.4 is 5.32 Å². The minimum absolute atomic E-state index is 0.0506. The number of hydrogen-bond acceptors (Lipinski definition) is 3. The fraction of sp³-hybridized carbons (Fsp3) is 0.167. The molecule has 1 aromatic carbocycles. The van der Waals surface area contributed by atoms with Gasteiger partial charge in [-0.25, -0.2) is 4.98 Å². The third kappa shape index (κ3) is 2.28. The van der Waals surface area contributed by atoms with Crippen LogP contribution in [-0.2, 0) is 0 Å². The molecule has 0 saturated carbocycles. The van der Waals surface area contributed by atoms with Crippen LogP contribution in [0.5, 0.6) is 0 Å². The maximum atomic E-state index is 11.7. The lowest BCUT2D eigenvalue weighted by atomic mass is 10.1. The van der Waals surface area contributed by atoms with Gasteiger partial charge in [-0.05, 0) is 12.5 Å². The molecule has 0 unspecified atom stereocenters. The van der Waals surface area contributed by atoms with Gasteiger partial charge in [-0.15, -0.1) is 0 Å². The van der Waals surface area contributed by atoms with Gasteiger partial charge < -0.3 is 9.73 Å². The highest BCUT2D eigenvalue weighted by Crippen LogP contribution is 2.11. The molecular formula is C12H12N2O2. The molecule has 0 aliphatic carbocycles. The van der Waals surface area contributed by atoms with E-state index in [0.717, 1.165) is 5.56 Å². The van der Waals surface area contributed by atoms with Crippen LogP contribution >= 0.6 is 0 Å². The summed E-state index contributed by atoms with van der Waals surface area (Å²) in [4.78, 5) is 15.4. The molecule has 1 heterocycles. The smallest absolute Gasteiger partial charge is 0.273 e. The van der Waals surface area contributed by atoms with Crippen LogP contribution in [0, 0.1) is 0 Å². The van der Waals surface area contributed by atoms with Crippen molar-refractivity contribution in [3.63, 3.8) is 0 Å². The predicted octanol–water partition coefficient (Wildman–Crippen LogP) is 2.17. The second kappa shape index (κ2) is 4.61. The van der Waals surface area contributed by atoms with E-state index in [4.69, 9.17) is 4.42 Å². The minimum atomic E-state index is -0.231. The van der Waals surface area contributed by atoms with Crippen molar-refractivity contribution in [2.45, 2.75) is 13.0 Å². The van der Waals surface area contributed by atoms with E-state index in [9.17, 15) is 4.79 Å². The normalized spacial score (nSPS) is 12.1. The summed E-state index contributed by atoms with van der Waals surface area (Å²) in [6, 6.07) is 9.70. The Kier molecular flexibility index (Phi) is 3.00. The Hall–Kier alpha value is -2.10. The average molecular weight is 216 g/mol. The third-order valence-corrected chi connectivity index (χ3v) is 2.31. The fourth-order valence-corrected chi connectivity index (χ4v) is 1.42. The molecule has 0 bridgehead atoms. The van der Waals surface area contributed by atoms with Crippen molar-refractivity contribution in [2.75, 3.05) is 0 Å². The van der Waals surface area contributed by atoms with Crippen LogP contribution in [0.25, 0.3) is 0 Å². The fourth-order valence-electron chi connectivity index (χ4n) is 1.42. The van der Waals surface area contributed by atoms with Crippen molar-refractivity contribution in [1.82, 2.24) is 10.3 Å². The number of hydrogen-bond donors (Lipinski definition) is 1. The highest BCUT2D eigenvalue weighted by Gasteiger charge is 2.12. The number of aromatic nitrogens is 1. The Morgan fingerprint density at radius 2 is 2.12 bits per heavy atom. The first kappa shape index (κ1) is 10.4. The average Bonchev–Trinajstić information content (AvgIpc) is 2.83. The summed E-state index contributed by atoms with van der Waals surface area (Å²) in [6.07, 6.45) is 2.56. The molecule has 0 spiro atoms. The Balaban J connectivity index is 2.03. The lowest BCUT2D eigenvalue weighted by molar-refractivity contribution is 0.0935. The van der Waals surface area contributed by atoms with Crippen molar-refractivity contribution in [3.05, 3.63) is 54.2 Å². The zero-order valence-electron chi connectivity index (χ0n) is 8.88. The van der Waals surface area contributed by atoms with E-state index in [-0.39, 0.29) is 11.9 Å². The van der Waals surface area contributed by atoms with E-state index < -0.39 is 0 Å². The van der Waals surface area contributed by atoms with Gasteiger partial charge in [0, 0.05) is 0 Å². The van der Waals surface area contributed by atoms with E-state index >= 15 is 0 Å². The number of carbonyl (C=O) groups is 1. The van der Waals surface area contributed by atoms with Crippen molar-refractivity contribution >= 4 is 5.91 Å². The molecular weight excluding hydrogens is 204 g/mol. The maximum Gasteiger partial charge on any atom is 0.273 e. The standard InChI is InChI=1S/C12H12N2O2/c1-9(10-5-3-2-4-6-10)14-12(15)11-7-16-8-13-11/h2-9H,1H3,(H,14,15)/t9-/m1/s1. The van der Waals surface area contributed by atoms with Crippen LogP contribution in [-0.4, -0.2) is 10.9 Å². The number of nitrogens with one attached hydrogen (secondary N) is 1. The molecule has 0 fully saturated rings. The molecule has 1 N–H and O–H groups in total. The molecule has 2 aromatic rings. The Labute approximate surface area is 93.3 Å². The predicted molar refractivity (Wildman–Crippen MR) is 58.8 cm³/mol. The maximum absolute atomic E-state index is 11.7. The van der Waals surface area contributed by atoms with Gasteiger partial charge in [0.1, 0.15) is 6.26 Å². The molecule has 0 aliphatic rings.